The van der Waals surface area contributed by atoms with Crippen molar-refractivity contribution in [2.45, 2.75) is 64.0 Å². The summed E-state index contributed by atoms with van der Waals surface area (Å²) in [5.74, 6) is 0. The first kappa shape index (κ1) is 14.3. The molecule has 0 aromatic carbocycles. The maximum absolute atomic E-state index is 6.21. The van der Waals surface area contributed by atoms with Gasteiger partial charge in [0, 0.05) is 18.1 Å². The first-order valence-corrected chi connectivity index (χ1v) is 7.91. The van der Waals surface area contributed by atoms with E-state index in [2.05, 4.69) is 23.6 Å². The van der Waals surface area contributed by atoms with Crippen LogP contribution in [0.1, 0.15) is 52.4 Å². The quantitative estimate of drug-likeness (QED) is 0.836. The minimum absolute atomic E-state index is 0.301. The van der Waals surface area contributed by atoms with Gasteiger partial charge in [0.25, 0.3) is 0 Å². The molecule has 2 N–H and O–H groups in total. The Balaban J connectivity index is 2.06. The van der Waals surface area contributed by atoms with Crippen molar-refractivity contribution in [2.24, 2.45) is 5.73 Å². The van der Waals surface area contributed by atoms with Gasteiger partial charge in [-0.15, -0.1) is 0 Å². The third-order valence-corrected chi connectivity index (χ3v) is 5.28. The first-order valence-electron chi connectivity index (χ1n) is 7.91. The molecule has 2 saturated heterocycles. The number of rotatable bonds is 3. The number of nitrogens with zero attached hydrogens (tertiary/aromatic N) is 2. The topological polar surface area (TPSA) is 32.5 Å². The van der Waals surface area contributed by atoms with Gasteiger partial charge in [0.05, 0.1) is 0 Å². The summed E-state index contributed by atoms with van der Waals surface area (Å²) in [6.07, 6.45) is 8.06. The zero-order chi connectivity index (χ0) is 13.0. The summed E-state index contributed by atoms with van der Waals surface area (Å²) in [5, 5.41) is 0. The van der Waals surface area contributed by atoms with Crippen LogP contribution < -0.4 is 5.73 Å². The van der Waals surface area contributed by atoms with Crippen molar-refractivity contribution in [3.8, 4) is 0 Å². The van der Waals surface area contributed by atoms with Crippen LogP contribution in [0.3, 0.4) is 0 Å². The Morgan fingerprint density at radius 1 is 1.11 bits per heavy atom. The summed E-state index contributed by atoms with van der Waals surface area (Å²) in [6.45, 7) is 10.4. The van der Waals surface area contributed by atoms with Crippen LogP contribution in [-0.4, -0.2) is 54.1 Å². The normalized spacial score (nSPS) is 31.2. The molecule has 0 amide bonds. The second kappa shape index (κ2) is 6.36. The fourth-order valence-corrected chi connectivity index (χ4v) is 3.87. The Morgan fingerprint density at radius 2 is 1.83 bits per heavy atom. The van der Waals surface area contributed by atoms with E-state index in [4.69, 9.17) is 5.73 Å². The SMILES string of the molecule is CCN1CCC(CN)(N2CCCCCC2C)CC1. The van der Waals surface area contributed by atoms with Crippen molar-refractivity contribution in [3.63, 3.8) is 0 Å². The van der Waals surface area contributed by atoms with E-state index in [0.29, 0.717) is 5.54 Å². The van der Waals surface area contributed by atoms with E-state index in [1.54, 1.807) is 0 Å². The van der Waals surface area contributed by atoms with E-state index in [9.17, 15) is 0 Å². The molecule has 0 spiro atoms. The monoisotopic (exact) mass is 253 g/mol. The van der Waals surface area contributed by atoms with Gasteiger partial charge in [-0.05, 0) is 58.8 Å². The van der Waals surface area contributed by atoms with Crippen LogP contribution in [0.15, 0.2) is 0 Å². The lowest BCUT2D eigenvalue weighted by molar-refractivity contribution is 0.00415. The molecule has 1 atom stereocenters. The van der Waals surface area contributed by atoms with Crippen LogP contribution in [0.2, 0.25) is 0 Å². The highest BCUT2D eigenvalue weighted by Gasteiger charge is 2.40. The summed E-state index contributed by atoms with van der Waals surface area (Å²) >= 11 is 0. The van der Waals surface area contributed by atoms with Gasteiger partial charge in [0.2, 0.25) is 0 Å². The number of hydrogen-bond acceptors (Lipinski definition) is 3. The molecule has 0 radical (unpaired) electrons. The second-order valence-electron chi connectivity index (χ2n) is 6.25. The van der Waals surface area contributed by atoms with E-state index in [1.807, 2.05) is 0 Å². The standard InChI is InChI=1S/C15H31N3/c1-3-17-11-8-15(13-16,9-12-17)18-10-6-4-5-7-14(18)2/h14H,3-13,16H2,1-2H3. The van der Waals surface area contributed by atoms with Gasteiger partial charge in [-0.25, -0.2) is 0 Å². The van der Waals surface area contributed by atoms with Gasteiger partial charge in [0.15, 0.2) is 0 Å². The fourth-order valence-electron chi connectivity index (χ4n) is 3.87. The largest absolute Gasteiger partial charge is 0.329 e. The molecule has 2 fully saturated rings. The van der Waals surface area contributed by atoms with Crippen LogP contribution in [0.25, 0.3) is 0 Å². The lowest BCUT2D eigenvalue weighted by atomic mass is 9.84. The van der Waals surface area contributed by atoms with E-state index in [-0.39, 0.29) is 0 Å². The van der Waals surface area contributed by atoms with Crippen molar-refractivity contribution in [1.82, 2.24) is 9.80 Å². The molecule has 0 aliphatic carbocycles. The number of piperidine rings is 1. The molecular weight excluding hydrogens is 222 g/mol. The van der Waals surface area contributed by atoms with Gasteiger partial charge in [0.1, 0.15) is 0 Å². The molecule has 18 heavy (non-hydrogen) atoms. The molecule has 106 valence electrons. The minimum atomic E-state index is 0.301. The van der Waals surface area contributed by atoms with Crippen LogP contribution in [0.5, 0.6) is 0 Å². The Kier molecular flexibility index (Phi) is 5.05. The van der Waals surface area contributed by atoms with E-state index >= 15 is 0 Å². The lowest BCUT2D eigenvalue weighted by Crippen LogP contribution is -2.61. The van der Waals surface area contributed by atoms with E-state index in [1.165, 1.54) is 64.7 Å². The zero-order valence-electron chi connectivity index (χ0n) is 12.3. The average molecular weight is 253 g/mol. The highest BCUT2D eigenvalue weighted by Crippen LogP contribution is 2.33. The third kappa shape index (κ3) is 2.89. The maximum atomic E-state index is 6.21. The van der Waals surface area contributed by atoms with Crippen molar-refractivity contribution in [3.05, 3.63) is 0 Å². The molecule has 2 aliphatic heterocycles. The van der Waals surface area contributed by atoms with Crippen LogP contribution >= 0.6 is 0 Å². The molecule has 2 rings (SSSR count). The van der Waals surface area contributed by atoms with Gasteiger partial charge in [-0.2, -0.15) is 0 Å². The summed E-state index contributed by atoms with van der Waals surface area (Å²) in [7, 11) is 0. The number of likely N-dealkylation sites (tertiary alicyclic amines) is 2. The van der Waals surface area contributed by atoms with Crippen molar-refractivity contribution < 1.29 is 0 Å². The Hall–Kier alpha value is -0.120. The lowest BCUT2D eigenvalue weighted by Gasteiger charge is -2.50. The molecule has 0 bridgehead atoms. The smallest absolute Gasteiger partial charge is 0.0358 e. The van der Waals surface area contributed by atoms with E-state index in [0.717, 1.165) is 12.6 Å². The van der Waals surface area contributed by atoms with Crippen molar-refractivity contribution in [1.29, 1.82) is 0 Å². The maximum Gasteiger partial charge on any atom is 0.0358 e. The van der Waals surface area contributed by atoms with Crippen LogP contribution in [0, 0.1) is 0 Å². The Bertz CT molecular complexity index is 246. The number of hydrogen-bond donors (Lipinski definition) is 1. The predicted molar refractivity (Wildman–Crippen MR) is 77.8 cm³/mol. The number of nitrogens with two attached hydrogens (primary N) is 1. The van der Waals surface area contributed by atoms with Gasteiger partial charge in [-0.1, -0.05) is 19.8 Å². The summed E-state index contributed by atoms with van der Waals surface area (Å²) in [4.78, 5) is 5.34. The van der Waals surface area contributed by atoms with Gasteiger partial charge < -0.3 is 10.6 Å². The fraction of sp³-hybridized carbons (Fsp3) is 1.00. The molecule has 0 saturated carbocycles. The van der Waals surface area contributed by atoms with Gasteiger partial charge in [-0.3, -0.25) is 4.90 Å². The molecule has 2 aliphatic rings. The molecule has 3 nitrogen and oxygen atoms in total. The summed E-state index contributed by atoms with van der Waals surface area (Å²) in [5.41, 5.74) is 6.51. The minimum Gasteiger partial charge on any atom is -0.329 e. The zero-order valence-corrected chi connectivity index (χ0v) is 12.3. The van der Waals surface area contributed by atoms with Crippen LogP contribution in [0.4, 0.5) is 0 Å². The molecule has 0 aromatic rings. The van der Waals surface area contributed by atoms with Gasteiger partial charge >= 0.3 is 0 Å². The average Bonchev–Trinajstić information content (AvgIpc) is 2.64. The first-order chi connectivity index (χ1) is 8.72. The predicted octanol–water partition coefficient (Wildman–Crippen LogP) is 2.06. The van der Waals surface area contributed by atoms with Crippen molar-refractivity contribution in [2.75, 3.05) is 32.7 Å². The van der Waals surface area contributed by atoms with Crippen LogP contribution in [-0.2, 0) is 0 Å². The third-order valence-electron chi connectivity index (χ3n) is 5.28. The molecular formula is C15H31N3. The van der Waals surface area contributed by atoms with E-state index < -0.39 is 0 Å². The summed E-state index contributed by atoms with van der Waals surface area (Å²) in [6, 6.07) is 0.726. The highest BCUT2D eigenvalue weighted by molar-refractivity contribution is 4.98. The Labute approximate surface area is 113 Å². The molecule has 2 heterocycles. The summed E-state index contributed by atoms with van der Waals surface area (Å²) < 4.78 is 0. The van der Waals surface area contributed by atoms with Crippen molar-refractivity contribution >= 4 is 0 Å². The Morgan fingerprint density at radius 3 is 2.44 bits per heavy atom. The molecule has 0 aromatic heterocycles. The molecule has 1 unspecified atom stereocenters. The highest BCUT2D eigenvalue weighted by atomic mass is 15.3. The molecule has 3 heteroatoms. The second-order valence-corrected chi connectivity index (χ2v) is 6.25.